The van der Waals surface area contributed by atoms with Crippen LogP contribution in [0.25, 0.3) is 0 Å². The number of aromatic nitrogens is 1. The second-order valence-electron chi connectivity index (χ2n) is 4.67. The highest BCUT2D eigenvalue weighted by Crippen LogP contribution is 2.26. The first-order chi connectivity index (χ1) is 8.13. The van der Waals surface area contributed by atoms with Crippen LogP contribution in [-0.4, -0.2) is 30.8 Å². The number of morpholine rings is 1. The van der Waals surface area contributed by atoms with Crippen molar-refractivity contribution in [2.45, 2.75) is 33.4 Å². The van der Waals surface area contributed by atoms with E-state index >= 15 is 0 Å². The van der Waals surface area contributed by atoms with Gasteiger partial charge in [-0.15, -0.1) is 0 Å². The number of rotatable bonds is 2. The number of hydrogen-bond acceptors (Lipinski definition) is 4. The third kappa shape index (κ3) is 2.42. The Hall–Kier alpha value is -1.13. The lowest BCUT2D eigenvalue weighted by Crippen LogP contribution is -2.44. The minimum Gasteiger partial charge on any atom is -0.377 e. The number of nitrogens with two attached hydrogens (primary N) is 1. The van der Waals surface area contributed by atoms with E-state index in [2.05, 4.69) is 22.9 Å². The van der Waals surface area contributed by atoms with Gasteiger partial charge in [0.1, 0.15) is 0 Å². The fraction of sp³-hybridized carbons (Fsp3) is 0.615. The minimum atomic E-state index is 0.398. The van der Waals surface area contributed by atoms with Crippen molar-refractivity contribution in [1.82, 2.24) is 4.98 Å². The van der Waals surface area contributed by atoms with Crippen molar-refractivity contribution >= 4 is 5.69 Å². The monoisotopic (exact) mass is 235 g/mol. The Bertz CT molecular complexity index is 406. The lowest BCUT2D eigenvalue weighted by Gasteiger charge is -2.36. The third-order valence-corrected chi connectivity index (χ3v) is 3.32. The summed E-state index contributed by atoms with van der Waals surface area (Å²) < 4.78 is 5.48. The Morgan fingerprint density at radius 1 is 1.53 bits per heavy atom. The second kappa shape index (κ2) is 5.02. The molecule has 2 rings (SSSR count). The van der Waals surface area contributed by atoms with E-state index in [1.807, 2.05) is 13.8 Å². The average molecular weight is 235 g/mol. The van der Waals surface area contributed by atoms with E-state index in [9.17, 15) is 0 Å². The number of pyridine rings is 1. The Balaban J connectivity index is 2.42. The smallest absolute Gasteiger partial charge is 0.0668 e. The van der Waals surface area contributed by atoms with E-state index < -0.39 is 0 Å². The number of nitrogens with zero attached hydrogens (tertiary/aromatic N) is 2. The zero-order chi connectivity index (χ0) is 12.4. The molecule has 1 atom stereocenters. The third-order valence-electron chi connectivity index (χ3n) is 3.32. The molecule has 0 spiro atoms. The summed E-state index contributed by atoms with van der Waals surface area (Å²) in [5, 5.41) is 0. The topological polar surface area (TPSA) is 51.4 Å². The van der Waals surface area contributed by atoms with Crippen molar-refractivity contribution in [3.63, 3.8) is 0 Å². The van der Waals surface area contributed by atoms with Crippen molar-refractivity contribution in [2.24, 2.45) is 5.73 Å². The maximum Gasteiger partial charge on any atom is 0.0668 e. The molecule has 1 fully saturated rings. The molecule has 0 amide bonds. The number of ether oxygens (including phenoxy) is 1. The van der Waals surface area contributed by atoms with Gasteiger partial charge in [-0.25, -0.2) is 0 Å². The van der Waals surface area contributed by atoms with Crippen molar-refractivity contribution in [3.05, 3.63) is 23.0 Å². The largest absolute Gasteiger partial charge is 0.377 e. The molecule has 17 heavy (non-hydrogen) atoms. The molecule has 2 N–H and O–H groups in total. The fourth-order valence-electron chi connectivity index (χ4n) is 2.43. The molecular formula is C13H21N3O. The number of anilines is 1. The lowest BCUT2D eigenvalue weighted by atomic mass is 10.1. The van der Waals surface area contributed by atoms with Crippen LogP contribution in [-0.2, 0) is 11.3 Å². The van der Waals surface area contributed by atoms with E-state index in [1.165, 1.54) is 5.69 Å². The summed E-state index contributed by atoms with van der Waals surface area (Å²) in [7, 11) is 0. The van der Waals surface area contributed by atoms with E-state index in [0.717, 1.165) is 36.7 Å². The summed E-state index contributed by atoms with van der Waals surface area (Å²) in [5.74, 6) is 0. The van der Waals surface area contributed by atoms with Gasteiger partial charge in [-0.1, -0.05) is 0 Å². The van der Waals surface area contributed by atoms with Gasteiger partial charge in [0.05, 0.1) is 13.2 Å². The standard InChI is InChI=1S/C13H21N3O/c1-9-6-13(12(7-14)11(3)15-9)16-4-5-17-8-10(16)2/h6,10H,4-5,7-8,14H2,1-3H3. The molecule has 0 radical (unpaired) electrons. The summed E-state index contributed by atoms with van der Waals surface area (Å²) in [4.78, 5) is 6.87. The van der Waals surface area contributed by atoms with Crippen LogP contribution in [0, 0.1) is 13.8 Å². The Morgan fingerprint density at radius 2 is 2.29 bits per heavy atom. The molecule has 0 bridgehead atoms. The van der Waals surface area contributed by atoms with Gasteiger partial charge >= 0.3 is 0 Å². The van der Waals surface area contributed by atoms with Crippen LogP contribution >= 0.6 is 0 Å². The summed E-state index contributed by atoms with van der Waals surface area (Å²) >= 11 is 0. The first kappa shape index (κ1) is 12.3. The highest BCUT2D eigenvalue weighted by Gasteiger charge is 2.22. The second-order valence-corrected chi connectivity index (χ2v) is 4.67. The predicted octanol–water partition coefficient (Wildman–Crippen LogP) is 1.38. The summed E-state index contributed by atoms with van der Waals surface area (Å²) in [6.45, 7) is 9.28. The molecule has 0 aliphatic carbocycles. The SMILES string of the molecule is Cc1cc(N2CCOCC2C)c(CN)c(C)n1. The van der Waals surface area contributed by atoms with Gasteiger partial charge in [-0.2, -0.15) is 0 Å². The van der Waals surface area contributed by atoms with E-state index in [1.54, 1.807) is 0 Å². The van der Waals surface area contributed by atoms with E-state index in [-0.39, 0.29) is 0 Å². The van der Waals surface area contributed by atoms with E-state index in [0.29, 0.717) is 12.6 Å². The molecule has 0 aromatic carbocycles. The molecule has 1 aromatic heterocycles. The summed E-state index contributed by atoms with van der Waals surface area (Å²) in [6, 6.07) is 2.53. The van der Waals surface area contributed by atoms with Crippen molar-refractivity contribution in [1.29, 1.82) is 0 Å². The quantitative estimate of drug-likeness (QED) is 0.841. The Kier molecular flexibility index (Phi) is 3.64. The molecule has 0 saturated carbocycles. The van der Waals surface area contributed by atoms with Crippen LogP contribution in [0.3, 0.4) is 0 Å². The highest BCUT2D eigenvalue weighted by molar-refractivity contribution is 5.57. The molecule has 2 heterocycles. The van der Waals surface area contributed by atoms with Crippen LogP contribution in [0.2, 0.25) is 0 Å². The minimum absolute atomic E-state index is 0.398. The first-order valence-electron chi connectivity index (χ1n) is 6.15. The van der Waals surface area contributed by atoms with Crippen LogP contribution in [0.1, 0.15) is 23.9 Å². The first-order valence-corrected chi connectivity index (χ1v) is 6.15. The fourth-order valence-corrected chi connectivity index (χ4v) is 2.43. The molecule has 1 aromatic rings. The van der Waals surface area contributed by atoms with Crippen LogP contribution in [0.15, 0.2) is 6.07 Å². The van der Waals surface area contributed by atoms with E-state index in [4.69, 9.17) is 10.5 Å². The van der Waals surface area contributed by atoms with Gasteiger partial charge in [-0.05, 0) is 26.8 Å². The van der Waals surface area contributed by atoms with Gasteiger partial charge in [0.2, 0.25) is 0 Å². The predicted molar refractivity (Wildman–Crippen MR) is 69.2 cm³/mol. The van der Waals surface area contributed by atoms with Crippen LogP contribution < -0.4 is 10.6 Å². The van der Waals surface area contributed by atoms with Crippen LogP contribution in [0.5, 0.6) is 0 Å². The van der Waals surface area contributed by atoms with Gasteiger partial charge in [0, 0.05) is 41.8 Å². The van der Waals surface area contributed by atoms with Gasteiger partial charge < -0.3 is 15.4 Å². The van der Waals surface area contributed by atoms with Crippen molar-refractivity contribution in [2.75, 3.05) is 24.7 Å². The number of hydrogen-bond donors (Lipinski definition) is 1. The molecule has 1 aliphatic heterocycles. The molecule has 1 saturated heterocycles. The lowest BCUT2D eigenvalue weighted by molar-refractivity contribution is 0.0988. The molecule has 4 heteroatoms. The zero-order valence-corrected chi connectivity index (χ0v) is 10.9. The highest BCUT2D eigenvalue weighted by atomic mass is 16.5. The molecule has 4 nitrogen and oxygen atoms in total. The van der Waals surface area contributed by atoms with Gasteiger partial charge in [0.15, 0.2) is 0 Å². The number of aryl methyl sites for hydroxylation is 2. The van der Waals surface area contributed by atoms with Crippen LogP contribution in [0.4, 0.5) is 5.69 Å². The van der Waals surface area contributed by atoms with Crippen molar-refractivity contribution in [3.8, 4) is 0 Å². The van der Waals surface area contributed by atoms with Crippen molar-refractivity contribution < 1.29 is 4.74 Å². The van der Waals surface area contributed by atoms with Gasteiger partial charge in [0.25, 0.3) is 0 Å². The molecule has 1 aliphatic rings. The zero-order valence-electron chi connectivity index (χ0n) is 10.9. The summed E-state index contributed by atoms with van der Waals surface area (Å²) in [5.41, 5.74) is 10.3. The Labute approximate surface area is 103 Å². The maximum atomic E-state index is 5.86. The molecule has 1 unspecified atom stereocenters. The Morgan fingerprint density at radius 3 is 2.94 bits per heavy atom. The van der Waals surface area contributed by atoms with Gasteiger partial charge in [-0.3, -0.25) is 4.98 Å². The molecular weight excluding hydrogens is 214 g/mol. The summed E-state index contributed by atoms with van der Waals surface area (Å²) in [6.07, 6.45) is 0. The normalized spacial score (nSPS) is 20.7. The molecule has 94 valence electrons. The maximum absolute atomic E-state index is 5.86. The average Bonchev–Trinajstić information content (AvgIpc) is 2.28.